The summed E-state index contributed by atoms with van der Waals surface area (Å²) in [5, 5.41) is 5.87. The van der Waals surface area contributed by atoms with E-state index in [4.69, 9.17) is 0 Å². The van der Waals surface area contributed by atoms with Crippen molar-refractivity contribution in [3.63, 3.8) is 0 Å². The Morgan fingerprint density at radius 2 is 1.86 bits per heavy atom. The van der Waals surface area contributed by atoms with Gasteiger partial charge in [0.05, 0.1) is 6.04 Å². The molecule has 1 aliphatic heterocycles. The zero-order valence-electron chi connectivity index (χ0n) is 16.7. The lowest BCUT2D eigenvalue weighted by atomic mass is 10.1. The first-order valence-corrected chi connectivity index (χ1v) is 10.0. The van der Waals surface area contributed by atoms with Gasteiger partial charge in [-0.1, -0.05) is 48.5 Å². The molecule has 0 bridgehead atoms. The number of amides is 2. The lowest BCUT2D eigenvalue weighted by Gasteiger charge is -2.27. The summed E-state index contributed by atoms with van der Waals surface area (Å²) < 4.78 is 0. The van der Waals surface area contributed by atoms with Gasteiger partial charge in [0.25, 0.3) is 0 Å². The van der Waals surface area contributed by atoms with Crippen LogP contribution in [0.25, 0.3) is 0 Å². The van der Waals surface area contributed by atoms with Crippen molar-refractivity contribution >= 4 is 17.5 Å². The van der Waals surface area contributed by atoms with Crippen molar-refractivity contribution in [2.45, 2.75) is 44.7 Å². The molecule has 1 heterocycles. The monoisotopic (exact) mass is 379 g/mol. The van der Waals surface area contributed by atoms with Gasteiger partial charge in [-0.05, 0) is 56.8 Å². The number of benzene rings is 2. The summed E-state index contributed by atoms with van der Waals surface area (Å²) in [5.41, 5.74) is 3.40. The third-order valence-electron chi connectivity index (χ3n) is 5.38. The summed E-state index contributed by atoms with van der Waals surface area (Å²) in [4.78, 5) is 27.5. The molecule has 2 atom stereocenters. The average Bonchev–Trinajstić information content (AvgIpc) is 2.86. The smallest absolute Gasteiger partial charge is 0.249 e. The predicted molar refractivity (Wildman–Crippen MR) is 112 cm³/mol. The third-order valence-corrected chi connectivity index (χ3v) is 5.38. The van der Waals surface area contributed by atoms with E-state index in [9.17, 15) is 9.59 Å². The van der Waals surface area contributed by atoms with Crippen molar-refractivity contribution in [1.29, 1.82) is 0 Å². The summed E-state index contributed by atoms with van der Waals surface area (Å²) in [5.74, 6) is -0.161. The van der Waals surface area contributed by atoms with E-state index in [1.807, 2.05) is 41.3 Å². The highest BCUT2D eigenvalue weighted by Crippen LogP contribution is 2.27. The SMILES string of the molecule is CNC(C)C(=O)N[C@H]1CCc2ccccc2N(CCCc2ccccc2)C1=O. The molecule has 0 spiro atoms. The summed E-state index contributed by atoms with van der Waals surface area (Å²) in [6, 6.07) is 17.6. The summed E-state index contributed by atoms with van der Waals surface area (Å²) in [7, 11) is 1.74. The van der Waals surface area contributed by atoms with Crippen LogP contribution in [0.5, 0.6) is 0 Å². The van der Waals surface area contributed by atoms with Gasteiger partial charge in [0.2, 0.25) is 11.8 Å². The molecule has 0 aliphatic carbocycles. The average molecular weight is 380 g/mol. The number of nitrogens with zero attached hydrogens (tertiary/aromatic N) is 1. The van der Waals surface area contributed by atoms with Crippen LogP contribution < -0.4 is 15.5 Å². The second-order valence-electron chi connectivity index (χ2n) is 7.32. The highest BCUT2D eigenvalue weighted by atomic mass is 16.2. The number of para-hydroxylation sites is 1. The molecule has 2 aromatic carbocycles. The Bertz CT molecular complexity index is 807. The number of hydrogen-bond acceptors (Lipinski definition) is 3. The van der Waals surface area contributed by atoms with Gasteiger partial charge in [-0.3, -0.25) is 9.59 Å². The highest BCUT2D eigenvalue weighted by molar-refractivity contribution is 6.00. The van der Waals surface area contributed by atoms with Crippen LogP contribution in [0.4, 0.5) is 5.69 Å². The van der Waals surface area contributed by atoms with Gasteiger partial charge in [-0.2, -0.15) is 0 Å². The summed E-state index contributed by atoms with van der Waals surface area (Å²) >= 11 is 0. The van der Waals surface area contributed by atoms with Crippen molar-refractivity contribution in [2.75, 3.05) is 18.5 Å². The zero-order valence-corrected chi connectivity index (χ0v) is 16.7. The topological polar surface area (TPSA) is 61.4 Å². The number of carbonyl (C=O) groups is 2. The van der Waals surface area contributed by atoms with Crippen molar-refractivity contribution in [3.8, 4) is 0 Å². The molecule has 0 radical (unpaired) electrons. The molecule has 5 heteroatoms. The molecule has 28 heavy (non-hydrogen) atoms. The van der Waals surface area contributed by atoms with Crippen LogP contribution >= 0.6 is 0 Å². The molecular formula is C23H29N3O2. The van der Waals surface area contributed by atoms with E-state index in [2.05, 4.69) is 28.8 Å². The fourth-order valence-corrected chi connectivity index (χ4v) is 3.59. The molecule has 2 aromatic rings. The van der Waals surface area contributed by atoms with Crippen LogP contribution in [0.15, 0.2) is 54.6 Å². The van der Waals surface area contributed by atoms with E-state index in [1.165, 1.54) is 5.56 Å². The summed E-state index contributed by atoms with van der Waals surface area (Å²) in [6.45, 7) is 2.43. The van der Waals surface area contributed by atoms with Crippen LogP contribution in [-0.4, -0.2) is 37.5 Å². The highest BCUT2D eigenvalue weighted by Gasteiger charge is 2.31. The minimum Gasteiger partial charge on any atom is -0.343 e. The number of hydrogen-bond donors (Lipinski definition) is 2. The molecule has 2 amide bonds. The Balaban J connectivity index is 1.75. The standard InChI is InChI=1S/C23H29N3O2/c1-17(24-2)22(27)25-20-15-14-19-12-6-7-13-21(19)26(23(20)28)16-8-11-18-9-4-3-5-10-18/h3-7,9-10,12-13,17,20,24H,8,11,14-16H2,1-2H3,(H,25,27)/t17?,20-/m0/s1. The normalized spacial score (nSPS) is 17.6. The van der Waals surface area contributed by atoms with Gasteiger partial charge in [0.15, 0.2) is 0 Å². The Labute approximate surface area is 167 Å². The van der Waals surface area contributed by atoms with E-state index < -0.39 is 6.04 Å². The van der Waals surface area contributed by atoms with Crippen LogP contribution in [0.3, 0.4) is 0 Å². The molecule has 3 rings (SSSR count). The number of aryl methyl sites for hydroxylation is 2. The minimum atomic E-state index is -0.493. The minimum absolute atomic E-state index is 0.0188. The van der Waals surface area contributed by atoms with E-state index in [0.717, 1.165) is 30.5 Å². The summed E-state index contributed by atoms with van der Waals surface area (Å²) in [6.07, 6.45) is 3.18. The van der Waals surface area contributed by atoms with Gasteiger partial charge in [0, 0.05) is 12.2 Å². The quantitative estimate of drug-likeness (QED) is 0.778. The van der Waals surface area contributed by atoms with E-state index >= 15 is 0 Å². The van der Waals surface area contributed by atoms with Crippen LogP contribution in [0.1, 0.15) is 30.9 Å². The number of likely N-dealkylation sites (N-methyl/N-ethyl adjacent to an activating group) is 1. The maximum absolute atomic E-state index is 13.3. The second-order valence-corrected chi connectivity index (χ2v) is 7.32. The second kappa shape index (κ2) is 9.51. The van der Waals surface area contributed by atoms with Crippen LogP contribution in [0, 0.1) is 0 Å². The van der Waals surface area contributed by atoms with E-state index in [0.29, 0.717) is 13.0 Å². The molecule has 1 aliphatic rings. The van der Waals surface area contributed by atoms with Crippen molar-refractivity contribution in [1.82, 2.24) is 10.6 Å². The fourth-order valence-electron chi connectivity index (χ4n) is 3.59. The molecule has 0 saturated carbocycles. The third kappa shape index (κ3) is 4.78. The van der Waals surface area contributed by atoms with Crippen LogP contribution in [0.2, 0.25) is 0 Å². The van der Waals surface area contributed by atoms with Crippen LogP contribution in [-0.2, 0) is 22.4 Å². The molecular weight excluding hydrogens is 350 g/mol. The number of carbonyl (C=O) groups excluding carboxylic acids is 2. The number of fused-ring (bicyclic) bond motifs is 1. The lowest BCUT2D eigenvalue weighted by Crippen LogP contribution is -2.52. The van der Waals surface area contributed by atoms with Gasteiger partial charge in [-0.25, -0.2) is 0 Å². The predicted octanol–water partition coefficient (Wildman–Crippen LogP) is 2.69. The zero-order chi connectivity index (χ0) is 19.9. The number of rotatable bonds is 7. The number of nitrogens with one attached hydrogen (secondary N) is 2. The fraction of sp³-hybridized carbons (Fsp3) is 0.391. The van der Waals surface area contributed by atoms with Crippen molar-refractivity contribution in [3.05, 3.63) is 65.7 Å². The molecule has 0 fully saturated rings. The first-order chi connectivity index (χ1) is 13.6. The molecule has 0 aromatic heterocycles. The first-order valence-electron chi connectivity index (χ1n) is 10.0. The molecule has 0 saturated heterocycles. The Hall–Kier alpha value is -2.66. The van der Waals surface area contributed by atoms with Gasteiger partial charge >= 0.3 is 0 Å². The molecule has 5 nitrogen and oxygen atoms in total. The van der Waals surface area contributed by atoms with Gasteiger partial charge in [-0.15, -0.1) is 0 Å². The lowest BCUT2D eigenvalue weighted by molar-refractivity contribution is -0.128. The van der Waals surface area contributed by atoms with E-state index in [-0.39, 0.29) is 17.9 Å². The van der Waals surface area contributed by atoms with Gasteiger partial charge < -0.3 is 15.5 Å². The number of anilines is 1. The maximum Gasteiger partial charge on any atom is 0.249 e. The largest absolute Gasteiger partial charge is 0.343 e. The first kappa shape index (κ1) is 20.1. The van der Waals surface area contributed by atoms with Crippen molar-refractivity contribution < 1.29 is 9.59 Å². The van der Waals surface area contributed by atoms with E-state index in [1.54, 1.807) is 14.0 Å². The van der Waals surface area contributed by atoms with Crippen molar-refractivity contribution in [2.24, 2.45) is 0 Å². The Morgan fingerprint density at radius 1 is 1.14 bits per heavy atom. The molecule has 1 unspecified atom stereocenters. The maximum atomic E-state index is 13.3. The molecule has 2 N–H and O–H groups in total. The Kier molecular flexibility index (Phi) is 6.82. The van der Waals surface area contributed by atoms with Gasteiger partial charge in [0.1, 0.15) is 6.04 Å². The molecule has 148 valence electrons. The Morgan fingerprint density at radius 3 is 2.61 bits per heavy atom.